The molecule has 0 aliphatic carbocycles. The molecular weight excluding hydrogens is 288 g/mol. The standard InChI is InChI=1S/C15H22N2O3S/c1-15(2,3)20-14(18)17-8-6-13(10-17)21(19)11-12-5-4-7-16-9-12/h4-5,7,9,13H,6,8,10-11H2,1-3H3/t13-,21+/m0/s1. The van der Waals surface area contributed by atoms with Crippen molar-refractivity contribution in [3.8, 4) is 0 Å². The summed E-state index contributed by atoms with van der Waals surface area (Å²) in [4.78, 5) is 17.7. The Morgan fingerprint density at radius 3 is 2.90 bits per heavy atom. The maximum atomic E-state index is 12.4. The molecule has 0 radical (unpaired) electrons. The first kappa shape index (κ1) is 15.9. The number of carbonyl (C=O) groups excluding carboxylic acids is 1. The number of carbonyl (C=O) groups is 1. The fraction of sp³-hybridized carbons (Fsp3) is 0.600. The quantitative estimate of drug-likeness (QED) is 0.860. The second-order valence-electron chi connectivity index (χ2n) is 6.22. The van der Waals surface area contributed by atoms with E-state index in [1.54, 1.807) is 17.3 Å². The van der Waals surface area contributed by atoms with E-state index in [2.05, 4.69) is 4.98 Å². The molecule has 0 bridgehead atoms. The number of hydrogen-bond acceptors (Lipinski definition) is 4. The van der Waals surface area contributed by atoms with Crippen LogP contribution in [0.2, 0.25) is 0 Å². The molecule has 0 N–H and O–H groups in total. The number of ether oxygens (including phenoxy) is 1. The summed E-state index contributed by atoms with van der Waals surface area (Å²) in [5, 5.41) is 0.0118. The number of rotatable bonds is 3. The van der Waals surface area contributed by atoms with Crippen molar-refractivity contribution in [3.05, 3.63) is 30.1 Å². The summed E-state index contributed by atoms with van der Waals surface area (Å²) in [5.74, 6) is 0.487. The lowest BCUT2D eigenvalue weighted by molar-refractivity contribution is 0.0295. The molecular formula is C15H22N2O3S. The Balaban J connectivity index is 1.87. The van der Waals surface area contributed by atoms with Gasteiger partial charge in [0.15, 0.2) is 0 Å². The van der Waals surface area contributed by atoms with Crippen molar-refractivity contribution in [3.63, 3.8) is 0 Å². The Kier molecular flexibility index (Phi) is 4.98. The van der Waals surface area contributed by atoms with Crippen LogP contribution < -0.4 is 0 Å². The van der Waals surface area contributed by atoms with E-state index in [0.717, 1.165) is 12.0 Å². The van der Waals surface area contributed by atoms with Crippen molar-refractivity contribution in [2.24, 2.45) is 0 Å². The lowest BCUT2D eigenvalue weighted by Gasteiger charge is -2.24. The van der Waals surface area contributed by atoms with Gasteiger partial charge in [-0.25, -0.2) is 4.79 Å². The molecule has 2 rings (SSSR count). The highest BCUT2D eigenvalue weighted by Crippen LogP contribution is 2.20. The van der Waals surface area contributed by atoms with Gasteiger partial charge >= 0.3 is 6.09 Å². The third-order valence-corrected chi connectivity index (χ3v) is 4.95. The lowest BCUT2D eigenvalue weighted by Crippen LogP contribution is -2.36. The van der Waals surface area contributed by atoms with Crippen molar-refractivity contribution in [2.75, 3.05) is 13.1 Å². The molecule has 0 spiro atoms. The van der Waals surface area contributed by atoms with Crippen LogP contribution in [-0.2, 0) is 21.3 Å². The Morgan fingerprint density at radius 1 is 1.52 bits per heavy atom. The van der Waals surface area contributed by atoms with Crippen LogP contribution in [0.3, 0.4) is 0 Å². The number of pyridine rings is 1. The van der Waals surface area contributed by atoms with Gasteiger partial charge in [-0.1, -0.05) is 6.07 Å². The molecule has 21 heavy (non-hydrogen) atoms. The van der Waals surface area contributed by atoms with E-state index in [-0.39, 0.29) is 11.3 Å². The van der Waals surface area contributed by atoms with Crippen molar-refractivity contribution in [2.45, 2.75) is 43.8 Å². The Bertz CT molecular complexity index is 513. The second-order valence-corrected chi connectivity index (χ2v) is 7.94. The summed E-state index contributed by atoms with van der Waals surface area (Å²) in [6, 6.07) is 3.76. The lowest BCUT2D eigenvalue weighted by atomic mass is 10.2. The van der Waals surface area contributed by atoms with Crippen LogP contribution in [-0.4, -0.2) is 44.1 Å². The highest BCUT2D eigenvalue weighted by molar-refractivity contribution is 7.84. The average Bonchev–Trinajstić information content (AvgIpc) is 2.87. The van der Waals surface area contributed by atoms with Gasteiger partial charge in [0.25, 0.3) is 0 Å². The molecule has 0 aromatic carbocycles. The maximum Gasteiger partial charge on any atom is 0.410 e. The Morgan fingerprint density at radius 2 is 2.29 bits per heavy atom. The molecule has 1 saturated heterocycles. The van der Waals surface area contributed by atoms with E-state index in [4.69, 9.17) is 4.74 Å². The third kappa shape index (κ3) is 4.81. The average molecular weight is 310 g/mol. The fourth-order valence-corrected chi connectivity index (χ4v) is 3.65. The van der Waals surface area contributed by atoms with Gasteiger partial charge in [0, 0.05) is 36.3 Å². The van der Waals surface area contributed by atoms with Gasteiger partial charge in [-0.05, 0) is 38.8 Å². The molecule has 0 unspecified atom stereocenters. The van der Waals surface area contributed by atoms with Gasteiger partial charge in [-0.3, -0.25) is 9.19 Å². The zero-order valence-corrected chi connectivity index (χ0v) is 13.6. The zero-order chi connectivity index (χ0) is 15.5. The van der Waals surface area contributed by atoms with E-state index in [1.165, 1.54) is 0 Å². The molecule has 116 valence electrons. The number of nitrogens with zero attached hydrogens (tertiary/aromatic N) is 2. The summed E-state index contributed by atoms with van der Waals surface area (Å²) in [6.45, 7) is 6.65. The van der Waals surface area contributed by atoms with Crippen LogP contribution in [0.25, 0.3) is 0 Å². The third-order valence-electron chi connectivity index (χ3n) is 3.20. The second kappa shape index (κ2) is 6.56. The molecule has 1 amide bonds. The minimum Gasteiger partial charge on any atom is -0.444 e. The molecule has 1 aromatic heterocycles. The van der Waals surface area contributed by atoms with Gasteiger partial charge in [-0.2, -0.15) is 0 Å². The van der Waals surface area contributed by atoms with Crippen molar-refractivity contribution in [1.29, 1.82) is 0 Å². The van der Waals surface area contributed by atoms with Crippen LogP contribution in [0, 0.1) is 0 Å². The van der Waals surface area contributed by atoms with Crippen molar-refractivity contribution < 1.29 is 13.7 Å². The fourth-order valence-electron chi connectivity index (χ4n) is 2.20. The van der Waals surface area contributed by atoms with Crippen LogP contribution in [0.4, 0.5) is 4.79 Å². The number of amides is 1. The Labute approximate surface area is 128 Å². The summed E-state index contributed by atoms with van der Waals surface area (Å²) in [5.41, 5.74) is 0.468. The molecule has 1 aliphatic rings. The van der Waals surface area contributed by atoms with Gasteiger partial charge in [0.1, 0.15) is 5.60 Å². The van der Waals surface area contributed by atoms with Gasteiger partial charge < -0.3 is 9.64 Å². The van der Waals surface area contributed by atoms with Gasteiger partial charge in [0.05, 0.1) is 11.0 Å². The normalized spacial score (nSPS) is 20.3. The van der Waals surface area contributed by atoms with Crippen LogP contribution in [0.5, 0.6) is 0 Å². The summed E-state index contributed by atoms with van der Waals surface area (Å²) < 4.78 is 17.7. The predicted molar refractivity (Wildman–Crippen MR) is 82.3 cm³/mol. The van der Waals surface area contributed by atoms with Crippen molar-refractivity contribution >= 4 is 16.9 Å². The van der Waals surface area contributed by atoms with E-state index in [1.807, 2.05) is 32.9 Å². The largest absolute Gasteiger partial charge is 0.444 e. The van der Waals surface area contributed by atoms with E-state index < -0.39 is 16.4 Å². The first-order valence-electron chi connectivity index (χ1n) is 7.09. The molecule has 2 atom stereocenters. The summed E-state index contributed by atoms with van der Waals surface area (Å²) in [6.07, 6.45) is 3.87. The van der Waals surface area contributed by atoms with Gasteiger partial charge in [-0.15, -0.1) is 0 Å². The van der Waals surface area contributed by atoms with Crippen LogP contribution >= 0.6 is 0 Å². The summed E-state index contributed by atoms with van der Waals surface area (Å²) in [7, 11) is -0.996. The minimum absolute atomic E-state index is 0.0118. The maximum absolute atomic E-state index is 12.4. The van der Waals surface area contributed by atoms with Crippen LogP contribution in [0.1, 0.15) is 32.8 Å². The molecule has 0 saturated carbocycles. The molecule has 1 aliphatic heterocycles. The van der Waals surface area contributed by atoms with E-state index >= 15 is 0 Å². The zero-order valence-electron chi connectivity index (χ0n) is 12.7. The summed E-state index contributed by atoms with van der Waals surface area (Å²) >= 11 is 0. The van der Waals surface area contributed by atoms with Gasteiger partial charge in [0.2, 0.25) is 0 Å². The highest BCUT2D eigenvalue weighted by atomic mass is 32.2. The Hall–Kier alpha value is -1.43. The predicted octanol–water partition coefficient (Wildman–Crippen LogP) is 2.34. The monoisotopic (exact) mass is 310 g/mol. The molecule has 2 heterocycles. The van der Waals surface area contributed by atoms with E-state index in [9.17, 15) is 9.00 Å². The first-order valence-corrected chi connectivity index (χ1v) is 8.47. The molecule has 5 nitrogen and oxygen atoms in total. The molecule has 1 aromatic rings. The smallest absolute Gasteiger partial charge is 0.410 e. The molecule has 1 fully saturated rings. The van der Waals surface area contributed by atoms with E-state index in [0.29, 0.717) is 18.8 Å². The topological polar surface area (TPSA) is 59.5 Å². The number of likely N-dealkylation sites (tertiary alicyclic amines) is 1. The SMILES string of the molecule is CC(C)(C)OC(=O)N1CC[C@H]([S@](=O)Cc2cccnc2)C1. The minimum atomic E-state index is -0.996. The van der Waals surface area contributed by atoms with Crippen LogP contribution in [0.15, 0.2) is 24.5 Å². The first-order chi connectivity index (χ1) is 9.85. The highest BCUT2D eigenvalue weighted by Gasteiger charge is 2.32. The van der Waals surface area contributed by atoms with Crippen molar-refractivity contribution in [1.82, 2.24) is 9.88 Å². The number of aromatic nitrogens is 1. The number of hydrogen-bond donors (Lipinski definition) is 0. The molecule has 6 heteroatoms.